The second-order valence-electron chi connectivity index (χ2n) is 3.01. The fraction of sp³-hybridized carbons (Fsp3) is 0.364. The second kappa shape index (κ2) is 6.73. The molecule has 0 aliphatic rings. The van der Waals surface area contributed by atoms with Crippen LogP contribution in [0.4, 0.5) is 0 Å². The molecule has 0 aromatic heterocycles. The molecule has 0 aliphatic carbocycles. The summed E-state index contributed by atoms with van der Waals surface area (Å²) in [7, 11) is 0. The van der Waals surface area contributed by atoms with Gasteiger partial charge in [0.25, 0.3) is 0 Å². The minimum absolute atomic E-state index is 0.426. The fourth-order valence-electron chi connectivity index (χ4n) is 1.16. The molecule has 0 spiro atoms. The Hall–Kier alpha value is -0.920. The van der Waals surface area contributed by atoms with Crippen LogP contribution in [0.25, 0.3) is 0 Å². The van der Waals surface area contributed by atoms with Crippen molar-refractivity contribution in [2.45, 2.75) is 13.8 Å². The molecule has 0 heterocycles. The van der Waals surface area contributed by atoms with Gasteiger partial charge in [-0.05, 0) is 32.0 Å². The van der Waals surface area contributed by atoms with E-state index < -0.39 is 6.72 Å². The summed E-state index contributed by atoms with van der Waals surface area (Å²) in [5.74, 6) is 0.495. The molecule has 0 aliphatic heterocycles. The zero-order valence-corrected chi connectivity index (χ0v) is 11.5. The Morgan fingerprint density at radius 2 is 1.94 bits per heavy atom. The highest BCUT2D eigenvalue weighted by Crippen LogP contribution is 2.49. The monoisotopic (exact) mass is 271 g/mol. The van der Waals surface area contributed by atoms with Crippen LogP contribution < -0.4 is 4.52 Å². The van der Waals surface area contributed by atoms with Crippen LogP contribution in [0.15, 0.2) is 24.3 Å². The third-order valence-electron chi connectivity index (χ3n) is 1.75. The number of hydrogen-bond acceptors (Lipinski definition) is 5. The zero-order valence-electron chi connectivity index (χ0n) is 9.75. The molecule has 0 unspecified atom stereocenters. The Bertz CT molecular complexity index is 448. The van der Waals surface area contributed by atoms with Crippen LogP contribution in [-0.2, 0) is 20.9 Å². The van der Waals surface area contributed by atoms with E-state index in [1.807, 2.05) is 19.9 Å². The molecule has 0 saturated heterocycles. The summed E-state index contributed by atoms with van der Waals surface area (Å²) in [4.78, 5) is 0. The first-order chi connectivity index (χ1) is 8.13. The molecule has 4 nitrogen and oxygen atoms in total. The minimum atomic E-state index is -2.75. The Kier molecular flexibility index (Phi) is 5.60. The van der Waals surface area contributed by atoms with Crippen molar-refractivity contribution in [3.8, 4) is 11.8 Å². The molecule has 0 fully saturated rings. The quantitative estimate of drug-likeness (QED) is 0.743. The first kappa shape index (κ1) is 14.1. The Morgan fingerprint density at radius 1 is 1.29 bits per heavy atom. The first-order valence-corrected chi connectivity index (χ1v) is 7.78. The maximum Gasteiger partial charge on any atom is 0.380 e. The molecule has 0 N–H and O–H groups in total. The average molecular weight is 271 g/mol. The van der Waals surface area contributed by atoms with Crippen molar-refractivity contribution in [3.05, 3.63) is 29.8 Å². The van der Waals surface area contributed by atoms with Crippen LogP contribution in [0, 0.1) is 11.3 Å². The van der Waals surface area contributed by atoms with Gasteiger partial charge in [0.1, 0.15) is 5.75 Å². The van der Waals surface area contributed by atoms with Crippen molar-refractivity contribution in [1.29, 1.82) is 5.26 Å². The maximum absolute atomic E-state index is 8.78. The van der Waals surface area contributed by atoms with E-state index in [0.717, 1.165) is 0 Å². The SMILES string of the molecule is CCOP(=S)(OCC)Oc1cccc(C#N)c1. The lowest BCUT2D eigenvalue weighted by Gasteiger charge is -2.20. The van der Waals surface area contributed by atoms with Crippen LogP contribution >= 0.6 is 6.72 Å². The fourth-order valence-corrected chi connectivity index (χ4v) is 3.23. The van der Waals surface area contributed by atoms with E-state index in [2.05, 4.69) is 0 Å². The van der Waals surface area contributed by atoms with Gasteiger partial charge in [0.15, 0.2) is 0 Å². The van der Waals surface area contributed by atoms with Crippen molar-refractivity contribution >= 4 is 18.5 Å². The minimum Gasteiger partial charge on any atom is -0.424 e. The van der Waals surface area contributed by atoms with Crippen molar-refractivity contribution in [2.75, 3.05) is 13.2 Å². The molecule has 1 aromatic rings. The summed E-state index contributed by atoms with van der Waals surface area (Å²) < 4.78 is 16.2. The van der Waals surface area contributed by atoms with Crippen LogP contribution in [0.1, 0.15) is 19.4 Å². The highest BCUT2D eigenvalue weighted by molar-refractivity contribution is 8.07. The highest BCUT2D eigenvalue weighted by atomic mass is 32.5. The van der Waals surface area contributed by atoms with E-state index >= 15 is 0 Å². The molecule has 0 atom stereocenters. The van der Waals surface area contributed by atoms with Gasteiger partial charge in [-0.3, -0.25) is 9.05 Å². The smallest absolute Gasteiger partial charge is 0.380 e. The van der Waals surface area contributed by atoms with Gasteiger partial charge in [-0.25, -0.2) is 0 Å². The van der Waals surface area contributed by atoms with Crippen molar-refractivity contribution < 1.29 is 13.6 Å². The third-order valence-corrected chi connectivity index (χ3v) is 4.19. The van der Waals surface area contributed by atoms with Gasteiger partial charge in [-0.15, -0.1) is 0 Å². The van der Waals surface area contributed by atoms with Gasteiger partial charge in [-0.1, -0.05) is 6.07 Å². The zero-order chi connectivity index (χ0) is 12.7. The molecule has 0 saturated carbocycles. The molecule has 1 rings (SSSR count). The van der Waals surface area contributed by atoms with E-state index in [0.29, 0.717) is 24.5 Å². The van der Waals surface area contributed by atoms with E-state index in [4.69, 9.17) is 30.6 Å². The summed E-state index contributed by atoms with van der Waals surface area (Å²) in [6.07, 6.45) is 0. The normalized spacial score (nSPS) is 10.9. The molecule has 92 valence electrons. The lowest BCUT2D eigenvalue weighted by atomic mass is 10.2. The highest BCUT2D eigenvalue weighted by Gasteiger charge is 2.21. The Balaban J connectivity index is 2.86. The van der Waals surface area contributed by atoms with E-state index in [1.54, 1.807) is 24.3 Å². The van der Waals surface area contributed by atoms with Crippen molar-refractivity contribution in [1.82, 2.24) is 0 Å². The molecule has 1 aromatic carbocycles. The number of rotatable bonds is 6. The number of hydrogen-bond donors (Lipinski definition) is 0. The summed E-state index contributed by atoms with van der Waals surface area (Å²) >= 11 is 5.22. The summed E-state index contributed by atoms with van der Waals surface area (Å²) in [6, 6.07) is 8.79. The van der Waals surface area contributed by atoms with Gasteiger partial charge in [0, 0.05) is 11.8 Å². The molecule has 0 amide bonds. The number of benzene rings is 1. The Morgan fingerprint density at radius 3 is 2.47 bits per heavy atom. The summed E-state index contributed by atoms with van der Waals surface area (Å²) in [5.41, 5.74) is 0.511. The maximum atomic E-state index is 8.78. The van der Waals surface area contributed by atoms with E-state index in [1.165, 1.54) is 0 Å². The standard InChI is InChI=1S/C11H14NO3PS/c1-3-13-16(17,14-4-2)15-11-7-5-6-10(8-11)9-12/h5-8H,3-4H2,1-2H3. The number of nitriles is 1. The van der Waals surface area contributed by atoms with Gasteiger partial charge in [-0.2, -0.15) is 5.26 Å². The van der Waals surface area contributed by atoms with Gasteiger partial charge >= 0.3 is 6.72 Å². The first-order valence-electron chi connectivity index (χ1n) is 5.22. The molecular formula is C11H14NO3PS. The largest absolute Gasteiger partial charge is 0.424 e. The molecule has 0 bridgehead atoms. The summed E-state index contributed by atoms with van der Waals surface area (Å²) in [5, 5.41) is 8.78. The predicted octanol–water partition coefficient (Wildman–Crippen LogP) is 3.23. The Labute approximate surface area is 106 Å². The van der Waals surface area contributed by atoms with E-state index in [-0.39, 0.29) is 0 Å². The lowest BCUT2D eigenvalue weighted by Crippen LogP contribution is -2.02. The van der Waals surface area contributed by atoms with Gasteiger partial charge in [0.05, 0.1) is 24.8 Å². The van der Waals surface area contributed by atoms with Gasteiger partial charge in [0.2, 0.25) is 0 Å². The van der Waals surface area contributed by atoms with Crippen LogP contribution in [0.2, 0.25) is 0 Å². The summed E-state index contributed by atoms with van der Waals surface area (Å²) in [6.45, 7) is 1.76. The van der Waals surface area contributed by atoms with Crippen molar-refractivity contribution in [3.63, 3.8) is 0 Å². The molecule has 6 heteroatoms. The lowest BCUT2D eigenvalue weighted by molar-refractivity contribution is 0.218. The second-order valence-corrected chi connectivity index (χ2v) is 5.95. The van der Waals surface area contributed by atoms with Crippen molar-refractivity contribution in [2.24, 2.45) is 0 Å². The number of nitrogens with zero attached hydrogens (tertiary/aromatic N) is 1. The third kappa shape index (κ3) is 4.45. The van der Waals surface area contributed by atoms with Gasteiger partial charge < -0.3 is 4.52 Å². The molecule has 17 heavy (non-hydrogen) atoms. The molecular weight excluding hydrogens is 257 g/mol. The predicted molar refractivity (Wildman–Crippen MR) is 69.3 cm³/mol. The van der Waals surface area contributed by atoms with Crippen LogP contribution in [0.3, 0.4) is 0 Å². The average Bonchev–Trinajstić information content (AvgIpc) is 2.29. The van der Waals surface area contributed by atoms with Crippen LogP contribution in [0.5, 0.6) is 5.75 Å². The van der Waals surface area contributed by atoms with E-state index in [9.17, 15) is 0 Å². The van der Waals surface area contributed by atoms with Crippen LogP contribution in [-0.4, -0.2) is 13.2 Å². The molecule has 0 radical (unpaired) electrons. The topological polar surface area (TPSA) is 51.5 Å².